The highest BCUT2D eigenvalue weighted by atomic mass is 19.4. The summed E-state index contributed by atoms with van der Waals surface area (Å²) in [5, 5.41) is 21.7. The van der Waals surface area contributed by atoms with Gasteiger partial charge in [-0.3, -0.25) is 4.98 Å². The third-order valence-corrected chi connectivity index (χ3v) is 3.27. The average Bonchev–Trinajstić information content (AvgIpc) is 2.33. The van der Waals surface area contributed by atoms with E-state index >= 15 is 0 Å². The molecule has 0 spiro atoms. The van der Waals surface area contributed by atoms with Gasteiger partial charge in [0.2, 0.25) is 0 Å². The van der Waals surface area contributed by atoms with E-state index in [-0.39, 0.29) is 18.2 Å². The van der Waals surface area contributed by atoms with Crippen LogP contribution in [0.1, 0.15) is 24.8 Å². The third kappa shape index (κ3) is 3.36. The van der Waals surface area contributed by atoms with E-state index in [1.54, 1.807) is 0 Å². The molecule has 19 heavy (non-hydrogen) atoms. The molecule has 1 fully saturated rings. The summed E-state index contributed by atoms with van der Waals surface area (Å²) in [6, 6.07) is 0.974. The standard InChI is InChI=1S/C12H15F3N2O2/c13-12(14,15)8-6-16-4-3-9(8)17-7-1-2-10(18)11(19)5-7/h3-4,6-7,10-11,18-19H,1-2,5H2,(H,16,17)/t7?,10-,11+/m1/s1. The van der Waals surface area contributed by atoms with E-state index < -0.39 is 23.9 Å². The highest BCUT2D eigenvalue weighted by Crippen LogP contribution is 2.35. The summed E-state index contributed by atoms with van der Waals surface area (Å²) in [4.78, 5) is 3.48. The number of rotatable bonds is 2. The van der Waals surface area contributed by atoms with Gasteiger partial charge in [0.1, 0.15) is 0 Å². The molecule has 0 bridgehead atoms. The van der Waals surface area contributed by atoms with Crippen molar-refractivity contribution in [1.82, 2.24) is 4.98 Å². The molecule has 1 aliphatic rings. The van der Waals surface area contributed by atoms with Gasteiger partial charge in [0, 0.05) is 24.1 Å². The summed E-state index contributed by atoms with van der Waals surface area (Å²) >= 11 is 0. The van der Waals surface area contributed by atoms with Gasteiger partial charge in [0.25, 0.3) is 0 Å². The second kappa shape index (κ2) is 5.34. The van der Waals surface area contributed by atoms with Gasteiger partial charge in [-0.15, -0.1) is 0 Å². The molecule has 0 aliphatic heterocycles. The number of hydrogen-bond acceptors (Lipinski definition) is 4. The molecular formula is C12H15F3N2O2. The molecule has 0 amide bonds. The van der Waals surface area contributed by atoms with Crippen LogP contribution in [-0.2, 0) is 6.18 Å². The number of nitrogens with one attached hydrogen (secondary N) is 1. The summed E-state index contributed by atoms with van der Waals surface area (Å²) in [5.74, 6) is 0. The highest BCUT2D eigenvalue weighted by Gasteiger charge is 2.35. The predicted octanol–water partition coefficient (Wildman–Crippen LogP) is 1.79. The van der Waals surface area contributed by atoms with E-state index in [1.165, 1.54) is 12.3 Å². The number of aliphatic hydroxyl groups is 2. The van der Waals surface area contributed by atoms with Crippen LogP contribution in [0.25, 0.3) is 0 Å². The Balaban J connectivity index is 2.12. The molecule has 1 aromatic heterocycles. The number of aromatic nitrogens is 1. The Hall–Kier alpha value is -1.34. The summed E-state index contributed by atoms with van der Waals surface area (Å²) < 4.78 is 38.3. The zero-order valence-corrected chi connectivity index (χ0v) is 10.1. The van der Waals surface area contributed by atoms with Crippen molar-refractivity contribution in [1.29, 1.82) is 0 Å². The van der Waals surface area contributed by atoms with Crippen molar-refractivity contribution in [2.45, 2.75) is 43.7 Å². The molecule has 106 valence electrons. The van der Waals surface area contributed by atoms with Gasteiger partial charge < -0.3 is 15.5 Å². The highest BCUT2D eigenvalue weighted by molar-refractivity contribution is 5.51. The van der Waals surface area contributed by atoms with Crippen molar-refractivity contribution in [3.05, 3.63) is 24.0 Å². The van der Waals surface area contributed by atoms with E-state index in [1.807, 2.05) is 0 Å². The fraction of sp³-hybridized carbons (Fsp3) is 0.583. The Labute approximate surface area is 108 Å². The maximum absolute atomic E-state index is 12.8. The SMILES string of the molecule is O[C@@H]1CCC(Nc2ccncc2C(F)(F)F)C[C@@H]1O. The van der Waals surface area contributed by atoms with Crippen LogP contribution < -0.4 is 5.32 Å². The monoisotopic (exact) mass is 276 g/mol. The molecule has 1 unspecified atom stereocenters. The van der Waals surface area contributed by atoms with Gasteiger partial charge in [0.05, 0.1) is 17.8 Å². The van der Waals surface area contributed by atoms with Crippen LogP contribution in [-0.4, -0.2) is 33.4 Å². The number of halogens is 3. The van der Waals surface area contributed by atoms with Crippen molar-refractivity contribution in [2.75, 3.05) is 5.32 Å². The Morgan fingerprint density at radius 2 is 1.95 bits per heavy atom. The molecule has 1 aliphatic carbocycles. The second-order valence-corrected chi connectivity index (χ2v) is 4.71. The number of anilines is 1. The lowest BCUT2D eigenvalue weighted by Gasteiger charge is -2.31. The van der Waals surface area contributed by atoms with E-state index in [4.69, 9.17) is 0 Å². The maximum Gasteiger partial charge on any atom is 0.419 e. The van der Waals surface area contributed by atoms with E-state index in [0.717, 1.165) is 6.20 Å². The van der Waals surface area contributed by atoms with Crippen LogP contribution >= 0.6 is 0 Å². The van der Waals surface area contributed by atoms with Gasteiger partial charge in [-0.2, -0.15) is 13.2 Å². The van der Waals surface area contributed by atoms with Crippen LogP contribution in [0.15, 0.2) is 18.5 Å². The van der Waals surface area contributed by atoms with Gasteiger partial charge in [0.15, 0.2) is 0 Å². The maximum atomic E-state index is 12.8. The van der Waals surface area contributed by atoms with Crippen molar-refractivity contribution < 1.29 is 23.4 Å². The predicted molar refractivity (Wildman–Crippen MR) is 62.5 cm³/mol. The minimum atomic E-state index is -4.47. The molecule has 1 heterocycles. The smallest absolute Gasteiger partial charge is 0.390 e. The largest absolute Gasteiger partial charge is 0.419 e. The minimum Gasteiger partial charge on any atom is -0.390 e. The summed E-state index contributed by atoms with van der Waals surface area (Å²) in [6.45, 7) is 0. The molecule has 1 saturated carbocycles. The molecule has 1 aromatic rings. The van der Waals surface area contributed by atoms with Crippen molar-refractivity contribution in [3.8, 4) is 0 Å². The summed E-state index contributed by atoms with van der Waals surface area (Å²) in [7, 11) is 0. The number of pyridine rings is 1. The van der Waals surface area contributed by atoms with Crippen LogP contribution in [0, 0.1) is 0 Å². The Bertz CT molecular complexity index is 439. The molecule has 3 N–H and O–H groups in total. The Morgan fingerprint density at radius 1 is 1.21 bits per heavy atom. The minimum absolute atomic E-state index is 0.0453. The Morgan fingerprint density at radius 3 is 2.58 bits per heavy atom. The number of hydrogen-bond donors (Lipinski definition) is 3. The van der Waals surface area contributed by atoms with Gasteiger partial charge in [-0.05, 0) is 25.3 Å². The lowest BCUT2D eigenvalue weighted by molar-refractivity contribution is -0.137. The third-order valence-electron chi connectivity index (χ3n) is 3.27. The van der Waals surface area contributed by atoms with Crippen molar-refractivity contribution >= 4 is 5.69 Å². The topological polar surface area (TPSA) is 65.4 Å². The van der Waals surface area contributed by atoms with E-state index in [2.05, 4.69) is 10.3 Å². The molecule has 0 radical (unpaired) electrons. The second-order valence-electron chi connectivity index (χ2n) is 4.71. The van der Waals surface area contributed by atoms with Crippen molar-refractivity contribution in [3.63, 3.8) is 0 Å². The van der Waals surface area contributed by atoms with Crippen LogP contribution in [0.4, 0.5) is 18.9 Å². The quantitative estimate of drug-likeness (QED) is 0.770. The molecule has 3 atom stereocenters. The first-order valence-corrected chi connectivity index (χ1v) is 6.02. The fourth-order valence-corrected chi connectivity index (χ4v) is 2.23. The molecule has 4 nitrogen and oxygen atoms in total. The van der Waals surface area contributed by atoms with Crippen LogP contribution in [0.2, 0.25) is 0 Å². The van der Waals surface area contributed by atoms with Crippen molar-refractivity contribution in [2.24, 2.45) is 0 Å². The van der Waals surface area contributed by atoms with E-state index in [0.29, 0.717) is 12.8 Å². The average molecular weight is 276 g/mol. The number of aliphatic hydroxyl groups excluding tert-OH is 2. The molecule has 0 saturated heterocycles. The normalized spacial score (nSPS) is 28.2. The van der Waals surface area contributed by atoms with Crippen LogP contribution in [0.3, 0.4) is 0 Å². The molecule has 2 rings (SSSR count). The first-order chi connectivity index (χ1) is 8.88. The number of nitrogens with zero attached hydrogens (tertiary/aromatic N) is 1. The summed E-state index contributed by atoms with van der Waals surface area (Å²) in [6.07, 6.45) is -3.00. The first-order valence-electron chi connectivity index (χ1n) is 6.02. The van der Waals surface area contributed by atoms with Crippen LogP contribution in [0.5, 0.6) is 0 Å². The fourth-order valence-electron chi connectivity index (χ4n) is 2.23. The summed E-state index contributed by atoms with van der Waals surface area (Å²) in [5.41, 5.74) is -0.869. The van der Waals surface area contributed by atoms with Gasteiger partial charge in [-0.25, -0.2) is 0 Å². The Kier molecular flexibility index (Phi) is 3.96. The molecule has 7 heteroatoms. The zero-order valence-electron chi connectivity index (χ0n) is 10.1. The molecule has 0 aromatic carbocycles. The zero-order chi connectivity index (χ0) is 14.0. The lowest BCUT2D eigenvalue weighted by Crippen LogP contribution is -2.39. The lowest BCUT2D eigenvalue weighted by atomic mass is 9.90. The van der Waals surface area contributed by atoms with Gasteiger partial charge >= 0.3 is 6.18 Å². The number of alkyl halides is 3. The van der Waals surface area contributed by atoms with Gasteiger partial charge in [-0.1, -0.05) is 0 Å². The first kappa shape index (κ1) is 14.1. The molecular weight excluding hydrogens is 261 g/mol. The van der Waals surface area contributed by atoms with E-state index in [9.17, 15) is 23.4 Å².